The Bertz CT molecular complexity index is 278. The lowest BCUT2D eigenvalue weighted by Gasteiger charge is -2.02. The molecule has 0 atom stereocenters. The fraction of sp³-hybridized carbons (Fsp3) is 0. The van der Waals surface area contributed by atoms with Crippen molar-refractivity contribution in [3.8, 4) is 0 Å². The topological polar surface area (TPSA) is 67.1 Å². The number of carbonyl (C=O) groups is 1. The van der Waals surface area contributed by atoms with Crippen LogP contribution in [0.15, 0.2) is 28.7 Å². The molecule has 0 radical (unpaired) electrons. The first-order valence-corrected chi connectivity index (χ1v) is 4.05. The van der Waals surface area contributed by atoms with Crippen molar-refractivity contribution in [1.29, 1.82) is 0 Å². The largest absolute Gasteiger partial charge is 0.333 e. The van der Waals surface area contributed by atoms with Crippen LogP contribution in [0.25, 0.3) is 0 Å². The maximum atomic E-state index is 10.7. The number of nitrogens with two attached hydrogens (primary N) is 1. The van der Waals surface area contributed by atoms with Crippen LogP contribution in [0.3, 0.4) is 0 Å². The molecule has 0 bridgehead atoms. The van der Waals surface area contributed by atoms with Crippen molar-refractivity contribution in [3.05, 3.63) is 28.7 Å². The second-order valence-corrected chi connectivity index (χ2v) is 3.02. The third-order valence-corrected chi connectivity index (χ3v) is 1.76. The van der Waals surface area contributed by atoms with Gasteiger partial charge in [-0.05, 0) is 24.3 Å². The predicted molar refractivity (Wildman–Crippen MR) is 57.7 cm³/mol. The second kappa shape index (κ2) is 5.80. The average molecular weight is 267 g/mol. The van der Waals surface area contributed by atoms with Gasteiger partial charge in [-0.25, -0.2) is 10.6 Å². The van der Waals surface area contributed by atoms with Crippen molar-refractivity contribution < 1.29 is 4.79 Å². The summed E-state index contributed by atoms with van der Waals surface area (Å²) in [7, 11) is 0. The zero-order valence-corrected chi connectivity index (χ0v) is 8.98. The molecule has 0 aliphatic carbocycles. The monoisotopic (exact) mass is 265 g/mol. The summed E-state index contributed by atoms with van der Waals surface area (Å²) >= 11 is 3.28. The Labute approximate surface area is 90.4 Å². The van der Waals surface area contributed by atoms with Crippen molar-refractivity contribution in [2.75, 3.05) is 5.32 Å². The minimum absolute atomic E-state index is 0. The third-order valence-electron chi connectivity index (χ3n) is 1.23. The van der Waals surface area contributed by atoms with Crippen molar-refractivity contribution >= 4 is 40.1 Å². The van der Waals surface area contributed by atoms with Crippen LogP contribution in [0.5, 0.6) is 0 Å². The summed E-state index contributed by atoms with van der Waals surface area (Å²) in [5, 5.41) is 2.52. The molecule has 0 fully saturated rings. The SMILES string of the molecule is Cl.NNC(=O)Nc1ccc(Br)cc1. The summed E-state index contributed by atoms with van der Waals surface area (Å²) in [6, 6.07) is 6.74. The summed E-state index contributed by atoms with van der Waals surface area (Å²) in [4.78, 5) is 10.7. The van der Waals surface area contributed by atoms with Crippen molar-refractivity contribution in [1.82, 2.24) is 5.43 Å². The summed E-state index contributed by atoms with van der Waals surface area (Å²) in [5.41, 5.74) is 2.66. The van der Waals surface area contributed by atoms with Gasteiger partial charge < -0.3 is 5.32 Å². The highest BCUT2D eigenvalue weighted by atomic mass is 79.9. The van der Waals surface area contributed by atoms with Crippen LogP contribution >= 0.6 is 28.3 Å². The highest BCUT2D eigenvalue weighted by Crippen LogP contribution is 2.13. The molecule has 1 aromatic carbocycles. The molecule has 0 saturated heterocycles. The number of amides is 2. The van der Waals surface area contributed by atoms with Gasteiger partial charge in [0.2, 0.25) is 0 Å². The quantitative estimate of drug-likeness (QED) is 0.413. The van der Waals surface area contributed by atoms with E-state index in [1.54, 1.807) is 12.1 Å². The summed E-state index contributed by atoms with van der Waals surface area (Å²) < 4.78 is 0.959. The standard InChI is InChI=1S/C7H8BrN3O.ClH/c8-5-1-3-6(4-2-5)10-7(12)11-9;/h1-4H,9H2,(H2,10,11,12);1H. The van der Waals surface area contributed by atoms with Crippen LogP contribution in [0.2, 0.25) is 0 Å². The van der Waals surface area contributed by atoms with Gasteiger partial charge in [-0.3, -0.25) is 5.43 Å². The lowest BCUT2D eigenvalue weighted by molar-refractivity contribution is 0.252. The number of hydrazine groups is 1. The minimum atomic E-state index is -0.433. The lowest BCUT2D eigenvalue weighted by atomic mass is 10.3. The van der Waals surface area contributed by atoms with Gasteiger partial charge in [-0.15, -0.1) is 12.4 Å². The van der Waals surface area contributed by atoms with Crippen LogP contribution in [0, 0.1) is 0 Å². The molecule has 13 heavy (non-hydrogen) atoms. The highest BCUT2D eigenvalue weighted by Gasteiger charge is 1.96. The van der Waals surface area contributed by atoms with Gasteiger partial charge in [0, 0.05) is 10.2 Å². The van der Waals surface area contributed by atoms with Gasteiger partial charge in [0.15, 0.2) is 0 Å². The van der Waals surface area contributed by atoms with Gasteiger partial charge in [-0.1, -0.05) is 15.9 Å². The number of anilines is 1. The zero-order chi connectivity index (χ0) is 8.97. The number of hydrogen-bond acceptors (Lipinski definition) is 2. The molecular weight excluding hydrogens is 257 g/mol. The summed E-state index contributed by atoms with van der Waals surface area (Å²) in [5.74, 6) is 4.88. The van der Waals surface area contributed by atoms with E-state index in [9.17, 15) is 4.79 Å². The van der Waals surface area contributed by atoms with Gasteiger partial charge >= 0.3 is 6.03 Å². The number of benzene rings is 1. The lowest BCUT2D eigenvalue weighted by Crippen LogP contribution is -2.34. The van der Waals surface area contributed by atoms with E-state index in [0.29, 0.717) is 5.69 Å². The van der Waals surface area contributed by atoms with E-state index in [-0.39, 0.29) is 12.4 Å². The number of halogens is 2. The number of carbonyl (C=O) groups excluding carboxylic acids is 1. The molecule has 72 valence electrons. The maximum absolute atomic E-state index is 10.7. The molecule has 2 amide bonds. The molecule has 0 aliphatic rings. The minimum Gasteiger partial charge on any atom is -0.307 e. The molecule has 0 spiro atoms. The van der Waals surface area contributed by atoms with E-state index in [2.05, 4.69) is 21.2 Å². The number of rotatable bonds is 1. The van der Waals surface area contributed by atoms with E-state index < -0.39 is 6.03 Å². The van der Waals surface area contributed by atoms with Crippen LogP contribution < -0.4 is 16.6 Å². The first kappa shape index (κ1) is 12.2. The molecule has 0 saturated carbocycles. The van der Waals surface area contributed by atoms with Gasteiger partial charge in [0.05, 0.1) is 0 Å². The number of nitrogens with one attached hydrogen (secondary N) is 2. The van der Waals surface area contributed by atoms with E-state index in [1.807, 2.05) is 17.6 Å². The van der Waals surface area contributed by atoms with Crippen LogP contribution in [-0.4, -0.2) is 6.03 Å². The van der Waals surface area contributed by atoms with E-state index in [0.717, 1.165) is 4.47 Å². The van der Waals surface area contributed by atoms with E-state index in [4.69, 9.17) is 5.84 Å². The maximum Gasteiger partial charge on any atom is 0.333 e. The fourth-order valence-corrected chi connectivity index (χ4v) is 0.965. The van der Waals surface area contributed by atoms with E-state index in [1.165, 1.54) is 0 Å². The summed E-state index contributed by atoms with van der Waals surface area (Å²) in [6.07, 6.45) is 0. The number of hydrogen-bond donors (Lipinski definition) is 3. The Morgan fingerprint density at radius 2 is 1.85 bits per heavy atom. The second-order valence-electron chi connectivity index (χ2n) is 2.11. The molecule has 6 heteroatoms. The smallest absolute Gasteiger partial charge is 0.307 e. The van der Waals surface area contributed by atoms with Crippen LogP contribution in [0.4, 0.5) is 10.5 Å². The summed E-state index contributed by atoms with van der Waals surface area (Å²) in [6.45, 7) is 0. The molecule has 4 N–H and O–H groups in total. The molecule has 4 nitrogen and oxygen atoms in total. The van der Waals surface area contributed by atoms with E-state index >= 15 is 0 Å². The molecule has 0 unspecified atom stereocenters. The average Bonchev–Trinajstić information content (AvgIpc) is 2.09. The Hall–Kier alpha value is -0.780. The Kier molecular flexibility index (Phi) is 5.45. The van der Waals surface area contributed by atoms with Crippen molar-refractivity contribution in [2.24, 2.45) is 5.84 Å². The first-order valence-electron chi connectivity index (χ1n) is 3.25. The van der Waals surface area contributed by atoms with Crippen LogP contribution in [-0.2, 0) is 0 Å². The molecule has 0 aliphatic heterocycles. The van der Waals surface area contributed by atoms with Gasteiger partial charge in [0.1, 0.15) is 0 Å². The zero-order valence-electron chi connectivity index (χ0n) is 6.58. The van der Waals surface area contributed by atoms with Crippen molar-refractivity contribution in [3.63, 3.8) is 0 Å². The predicted octanol–water partition coefficient (Wildman–Crippen LogP) is 1.87. The molecule has 0 heterocycles. The van der Waals surface area contributed by atoms with Crippen molar-refractivity contribution in [2.45, 2.75) is 0 Å². The van der Waals surface area contributed by atoms with Gasteiger partial charge in [-0.2, -0.15) is 0 Å². The third kappa shape index (κ3) is 4.12. The Morgan fingerprint density at radius 1 is 1.31 bits per heavy atom. The highest BCUT2D eigenvalue weighted by molar-refractivity contribution is 9.10. The number of urea groups is 1. The first-order chi connectivity index (χ1) is 5.72. The molecule has 1 aromatic rings. The van der Waals surface area contributed by atoms with Gasteiger partial charge in [0.25, 0.3) is 0 Å². The fourth-order valence-electron chi connectivity index (χ4n) is 0.700. The molecular formula is C7H9BrClN3O. The van der Waals surface area contributed by atoms with Crippen LogP contribution in [0.1, 0.15) is 0 Å². The Balaban J connectivity index is 0.00000144. The Morgan fingerprint density at radius 3 is 2.31 bits per heavy atom. The molecule has 0 aromatic heterocycles. The molecule has 1 rings (SSSR count). The normalized spacial score (nSPS) is 8.46.